The molecule has 0 aromatic rings. The number of amides is 1. The Morgan fingerprint density at radius 3 is 2.43 bits per heavy atom. The maximum absolute atomic E-state index is 11.0. The van der Waals surface area contributed by atoms with Gasteiger partial charge in [0.25, 0.3) is 10.1 Å². The first-order valence-corrected chi connectivity index (χ1v) is 5.72. The lowest BCUT2D eigenvalue weighted by Gasteiger charge is -2.10. The zero-order valence-electron chi connectivity index (χ0n) is 8.28. The second-order valence-electron chi connectivity index (χ2n) is 3.24. The first kappa shape index (κ1) is 13.1. The molecule has 1 atom stereocenters. The Morgan fingerprint density at radius 2 is 2.07 bits per heavy atom. The molecular formula is C8H15NO4S. The van der Waals surface area contributed by atoms with Crippen molar-refractivity contribution < 1.29 is 17.8 Å². The third kappa shape index (κ3) is 5.71. The maximum Gasteiger partial charge on any atom is 0.265 e. The topological polar surface area (TPSA) is 83.5 Å². The van der Waals surface area contributed by atoms with Crippen LogP contribution in [0.4, 0.5) is 0 Å². The zero-order chi connectivity index (χ0) is 11.4. The van der Waals surface area contributed by atoms with Gasteiger partial charge in [0.15, 0.2) is 0 Å². The number of rotatable bonds is 5. The predicted octanol–water partition coefficient (Wildman–Crippen LogP) is 0.203. The lowest BCUT2D eigenvalue weighted by Crippen LogP contribution is -2.22. The molecule has 1 unspecified atom stereocenters. The number of carbonyl (C=O) groups is 1. The van der Waals surface area contributed by atoms with E-state index in [0.717, 1.165) is 0 Å². The molecule has 0 radical (unpaired) electrons. The molecule has 0 fully saturated rings. The Kier molecular flexibility index (Phi) is 4.79. The van der Waals surface area contributed by atoms with Gasteiger partial charge in [-0.05, 0) is 12.3 Å². The molecule has 0 heterocycles. The molecule has 0 rings (SSSR count). The normalized spacial score (nSPS) is 13.4. The molecule has 0 aliphatic heterocycles. The van der Waals surface area contributed by atoms with E-state index in [1.54, 1.807) is 6.92 Å². The van der Waals surface area contributed by atoms with Crippen LogP contribution in [0.2, 0.25) is 0 Å². The summed E-state index contributed by atoms with van der Waals surface area (Å²) in [7, 11) is -2.50. The first-order chi connectivity index (χ1) is 6.26. The summed E-state index contributed by atoms with van der Waals surface area (Å²) in [6, 6.07) is 0. The number of likely N-dealkylation sites (N-methyl/N-ethyl adjacent to an activating group) is 1. The molecule has 0 aromatic carbocycles. The van der Waals surface area contributed by atoms with Crippen molar-refractivity contribution >= 4 is 16.0 Å². The largest absolute Gasteiger partial charge is 0.355 e. The van der Waals surface area contributed by atoms with E-state index in [2.05, 4.69) is 11.9 Å². The Hall–Kier alpha value is -0.880. The standard InChI is InChI=1S/C8H15NO4S/c1-6(5-14(11,12)13)4-7(2)8(10)9-3/h6H,2,4-5H2,1,3H3,(H,9,10)(H,11,12,13). The molecule has 82 valence electrons. The average Bonchev–Trinajstić information content (AvgIpc) is 1.99. The zero-order valence-corrected chi connectivity index (χ0v) is 9.10. The van der Waals surface area contributed by atoms with Gasteiger partial charge in [-0.25, -0.2) is 0 Å². The minimum atomic E-state index is -3.97. The van der Waals surface area contributed by atoms with E-state index >= 15 is 0 Å². The van der Waals surface area contributed by atoms with Crippen molar-refractivity contribution in [1.82, 2.24) is 5.32 Å². The highest BCUT2D eigenvalue weighted by molar-refractivity contribution is 7.85. The van der Waals surface area contributed by atoms with Gasteiger partial charge in [-0.15, -0.1) is 0 Å². The molecule has 0 aliphatic rings. The molecule has 0 spiro atoms. The second-order valence-corrected chi connectivity index (χ2v) is 4.74. The van der Waals surface area contributed by atoms with Crippen molar-refractivity contribution in [3.05, 3.63) is 12.2 Å². The fraction of sp³-hybridized carbons (Fsp3) is 0.625. The van der Waals surface area contributed by atoms with E-state index < -0.39 is 10.1 Å². The van der Waals surface area contributed by atoms with Crippen molar-refractivity contribution in [2.75, 3.05) is 12.8 Å². The average molecular weight is 221 g/mol. The summed E-state index contributed by atoms with van der Waals surface area (Å²) in [6.45, 7) is 5.13. The smallest absolute Gasteiger partial charge is 0.265 e. The summed E-state index contributed by atoms with van der Waals surface area (Å²) in [4.78, 5) is 11.0. The van der Waals surface area contributed by atoms with Crippen LogP contribution in [0.15, 0.2) is 12.2 Å². The summed E-state index contributed by atoms with van der Waals surface area (Å²) in [5.41, 5.74) is 0.309. The number of hydrogen-bond donors (Lipinski definition) is 2. The summed E-state index contributed by atoms with van der Waals surface area (Å²) in [5, 5.41) is 2.38. The van der Waals surface area contributed by atoms with Crippen LogP contribution >= 0.6 is 0 Å². The quantitative estimate of drug-likeness (QED) is 0.513. The number of nitrogens with one attached hydrogen (secondary N) is 1. The van der Waals surface area contributed by atoms with Crippen LogP contribution in [0, 0.1) is 5.92 Å². The second kappa shape index (κ2) is 5.11. The minimum Gasteiger partial charge on any atom is -0.355 e. The van der Waals surface area contributed by atoms with Crippen molar-refractivity contribution in [2.24, 2.45) is 5.92 Å². The van der Waals surface area contributed by atoms with Crippen LogP contribution in [0.1, 0.15) is 13.3 Å². The molecule has 14 heavy (non-hydrogen) atoms. The van der Waals surface area contributed by atoms with Crippen LogP contribution < -0.4 is 5.32 Å². The molecule has 1 amide bonds. The van der Waals surface area contributed by atoms with E-state index in [-0.39, 0.29) is 24.0 Å². The maximum atomic E-state index is 11.0. The number of carbonyl (C=O) groups excluding carboxylic acids is 1. The minimum absolute atomic E-state index is 0.249. The van der Waals surface area contributed by atoms with E-state index in [4.69, 9.17) is 4.55 Å². The molecule has 0 saturated carbocycles. The Labute approximate surface area is 83.9 Å². The molecule has 6 heteroatoms. The van der Waals surface area contributed by atoms with Crippen LogP contribution in [0.5, 0.6) is 0 Å². The highest BCUT2D eigenvalue weighted by Crippen LogP contribution is 2.11. The van der Waals surface area contributed by atoms with Crippen molar-refractivity contribution in [1.29, 1.82) is 0 Å². The summed E-state index contributed by atoms with van der Waals surface area (Å²) < 4.78 is 29.5. The van der Waals surface area contributed by atoms with Gasteiger partial charge in [0.1, 0.15) is 0 Å². The number of hydrogen-bond acceptors (Lipinski definition) is 3. The first-order valence-electron chi connectivity index (χ1n) is 4.11. The van der Waals surface area contributed by atoms with E-state index in [9.17, 15) is 13.2 Å². The van der Waals surface area contributed by atoms with Gasteiger partial charge >= 0.3 is 0 Å². The van der Waals surface area contributed by atoms with Gasteiger partial charge < -0.3 is 5.32 Å². The molecule has 0 aromatic heterocycles. The Balaban J connectivity index is 4.14. The van der Waals surface area contributed by atoms with Gasteiger partial charge in [0, 0.05) is 12.6 Å². The molecular weight excluding hydrogens is 206 g/mol. The lowest BCUT2D eigenvalue weighted by molar-refractivity contribution is -0.117. The van der Waals surface area contributed by atoms with Crippen LogP contribution in [0.3, 0.4) is 0 Å². The predicted molar refractivity (Wildman–Crippen MR) is 53.4 cm³/mol. The molecule has 5 nitrogen and oxygen atoms in total. The highest BCUT2D eigenvalue weighted by Gasteiger charge is 2.15. The highest BCUT2D eigenvalue weighted by atomic mass is 32.2. The molecule has 0 saturated heterocycles. The van der Waals surface area contributed by atoms with Gasteiger partial charge in [-0.3, -0.25) is 9.35 Å². The third-order valence-electron chi connectivity index (χ3n) is 1.64. The SMILES string of the molecule is C=C(CC(C)CS(=O)(=O)O)C(=O)NC. The van der Waals surface area contributed by atoms with Crippen molar-refractivity contribution in [3.8, 4) is 0 Å². The molecule has 0 aliphatic carbocycles. The van der Waals surface area contributed by atoms with Crippen LogP contribution in [-0.2, 0) is 14.9 Å². The van der Waals surface area contributed by atoms with E-state index in [0.29, 0.717) is 5.57 Å². The third-order valence-corrected chi connectivity index (χ3v) is 2.63. The van der Waals surface area contributed by atoms with Gasteiger partial charge in [0.05, 0.1) is 5.75 Å². The van der Waals surface area contributed by atoms with E-state index in [1.165, 1.54) is 7.05 Å². The van der Waals surface area contributed by atoms with Gasteiger partial charge in [-0.1, -0.05) is 13.5 Å². The van der Waals surface area contributed by atoms with E-state index in [1.807, 2.05) is 0 Å². The van der Waals surface area contributed by atoms with Crippen molar-refractivity contribution in [3.63, 3.8) is 0 Å². The summed E-state index contributed by atoms with van der Waals surface area (Å²) in [6.07, 6.45) is 0.249. The summed E-state index contributed by atoms with van der Waals surface area (Å²) >= 11 is 0. The van der Waals surface area contributed by atoms with Gasteiger partial charge in [0.2, 0.25) is 5.91 Å². The Morgan fingerprint density at radius 1 is 1.57 bits per heavy atom. The van der Waals surface area contributed by atoms with Crippen molar-refractivity contribution in [2.45, 2.75) is 13.3 Å². The molecule has 0 bridgehead atoms. The molecule has 2 N–H and O–H groups in total. The van der Waals surface area contributed by atoms with Crippen LogP contribution in [0.25, 0.3) is 0 Å². The van der Waals surface area contributed by atoms with Crippen LogP contribution in [-0.4, -0.2) is 31.7 Å². The monoisotopic (exact) mass is 221 g/mol. The summed E-state index contributed by atoms with van der Waals surface area (Å²) in [5.74, 6) is -0.995. The van der Waals surface area contributed by atoms with Gasteiger partial charge in [-0.2, -0.15) is 8.42 Å². The fourth-order valence-electron chi connectivity index (χ4n) is 1.11. The fourth-order valence-corrected chi connectivity index (χ4v) is 1.95. The Bertz CT molecular complexity index is 320. The lowest BCUT2D eigenvalue weighted by atomic mass is 10.0.